The SMILES string of the molecule is CCCC/C=C\CCCCCCCC(=O)OCC(COCCCCCCCC)OC(=O)CCCCCCCCCCCCC. The van der Waals surface area contributed by atoms with Gasteiger partial charge in [-0.15, -0.1) is 0 Å². The molecular weight excluding hydrogens is 548 g/mol. The van der Waals surface area contributed by atoms with Crippen LogP contribution in [0.3, 0.4) is 0 Å². The predicted octanol–water partition coefficient (Wildman–Crippen LogP) is 12.0. The van der Waals surface area contributed by atoms with Gasteiger partial charge in [-0.1, -0.05) is 161 Å². The van der Waals surface area contributed by atoms with Crippen LogP contribution in [0.2, 0.25) is 0 Å². The number of carbonyl (C=O) groups excluding carboxylic acids is 2. The molecule has 44 heavy (non-hydrogen) atoms. The first kappa shape index (κ1) is 42.6. The molecule has 1 atom stereocenters. The van der Waals surface area contributed by atoms with Crippen LogP contribution in [0.15, 0.2) is 12.2 Å². The zero-order chi connectivity index (χ0) is 32.2. The summed E-state index contributed by atoms with van der Waals surface area (Å²) >= 11 is 0. The number of carbonyl (C=O) groups is 2. The van der Waals surface area contributed by atoms with Crippen molar-refractivity contribution >= 4 is 11.9 Å². The Balaban J connectivity index is 4.16. The van der Waals surface area contributed by atoms with Gasteiger partial charge >= 0.3 is 11.9 Å². The molecule has 260 valence electrons. The van der Waals surface area contributed by atoms with E-state index in [1.54, 1.807) is 0 Å². The molecule has 1 unspecified atom stereocenters. The first-order valence-electron chi connectivity index (χ1n) is 19.2. The Hall–Kier alpha value is -1.36. The molecule has 0 aromatic carbocycles. The average Bonchev–Trinajstić information content (AvgIpc) is 3.02. The number of unbranched alkanes of at least 4 members (excludes halogenated alkanes) is 22. The van der Waals surface area contributed by atoms with Gasteiger partial charge in [0.15, 0.2) is 6.10 Å². The molecule has 0 heterocycles. The minimum Gasteiger partial charge on any atom is -0.462 e. The van der Waals surface area contributed by atoms with Crippen LogP contribution in [0.5, 0.6) is 0 Å². The van der Waals surface area contributed by atoms with E-state index < -0.39 is 6.10 Å². The monoisotopic (exact) mass is 623 g/mol. The molecule has 0 N–H and O–H groups in total. The summed E-state index contributed by atoms with van der Waals surface area (Å²) in [6, 6.07) is 0. The highest BCUT2D eigenvalue weighted by atomic mass is 16.6. The Morgan fingerprint density at radius 2 is 0.909 bits per heavy atom. The summed E-state index contributed by atoms with van der Waals surface area (Å²) in [4.78, 5) is 24.9. The maximum absolute atomic E-state index is 12.6. The highest BCUT2D eigenvalue weighted by Crippen LogP contribution is 2.13. The molecule has 0 fully saturated rings. The van der Waals surface area contributed by atoms with Crippen LogP contribution < -0.4 is 0 Å². The summed E-state index contributed by atoms with van der Waals surface area (Å²) in [7, 11) is 0. The summed E-state index contributed by atoms with van der Waals surface area (Å²) in [6.07, 6.45) is 36.3. The van der Waals surface area contributed by atoms with Crippen molar-refractivity contribution in [3.8, 4) is 0 Å². The summed E-state index contributed by atoms with van der Waals surface area (Å²) in [5.41, 5.74) is 0. The van der Waals surface area contributed by atoms with Crippen LogP contribution in [-0.4, -0.2) is 37.9 Å². The van der Waals surface area contributed by atoms with Crippen LogP contribution in [0, 0.1) is 0 Å². The van der Waals surface area contributed by atoms with E-state index in [0.717, 1.165) is 51.4 Å². The maximum Gasteiger partial charge on any atom is 0.306 e. The quantitative estimate of drug-likeness (QED) is 0.0400. The topological polar surface area (TPSA) is 61.8 Å². The lowest BCUT2D eigenvalue weighted by Crippen LogP contribution is -2.30. The van der Waals surface area contributed by atoms with Crippen molar-refractivity contribution in [1.29, 1.82) is 0 Å². The van der Waals surface area contributed by atoms with Crippen molar-refractivity contribution in [3.63, 3.8) is 0 Å². The van der Waals surface area contributed by atoms with E-state index in [2.05, 4.69) is 32.9 Å². The number of allylic oxidation sites excluding steroid dienone is 2. The van der Waals surface area contributed by atoms with E-state index in [-0.39, 0.29) is 18.5 Å². The van der Waals surface area contributed by atoms with Crippen molar-refractivity contribution in [1.82, 2.24) is 0 Å². The lowest BCUT2D eigenvalue weighted by atomic mass is 10.1. The second-order valence-electron chi connectivity index (χ2n) is 12.8. The molecule has 0 saturated carbocycles. The fraction of sp³-hybridized carbons (Fsp3) is 0.897. The molecule has 0 aromatic heterocycles. The second-order valence-corrected chi connectivity index (χ2v) is 12.8. The lowest BCUT2D eigenvalue weighted by molar-refractivity contribution is -0.163. The smallest absolute Gasteiger partial charge is 0.306 e. The van der Waals surface area contributed by atoms with Crippen LogP contribution in [-0.2, 0) is 23.8 Å². The third-order valence-electron chi connectivity index (χ3n) is 8.30. The molecule has 0 aliphatic heterocycles. The van der Waals surface area contributed by atoms with Gasteiger partial charge < -0.3 is 14.2 Å². The number of hydrogen-bond acceptors (Lipinski definition) is 5. The Labute approximate surface area is 274 Å². The predicted molar refractivity (Wildman–Crippen MR) is 187 cm³/mol. The third-order valence-corrected chi connectivity index (χ3v) is 8.30. The van der Waals surface area contributed by atoms with Crippen LogP contribution in [0.4, 0.5) is 0 Å². The zero-order valence-corrected chi connectivity index (χ0v) is 29.7. The summed E-state index contributed by atoms with van der Waals surface area (Å²) in [6.45, 7) is 7.74. The highest BCUT2D eigenvalue weighted by Gasteiger charge is 2.17. The minimum atomic E-state index is -0.523. The highest BCUT2D eigenvalue weighted by molar-refractivity contribution is 5.70. The van der Waals surface area contributed by atoms with E-state index >= 15 is 0 Å². The average molecular weight is 623 g/mol. The normalized spacial score (nSPS) is 12.2. The Morgan fingerprint density at radius 1 is 0.477 bits per heavy atom. The van der Waals surface area contributed by atoms with Crippen molar-refractivity contribution in [2.45, 2.75) is 207 Å². The van der Waals surface area contributed by atoms with E-state index in [1.165, 1.54) is 116 Å². The fourth-order valence-electron chi connectivity index (χ4n) is 5.37. The third kappa shape index (κ3) is 33.5. The largest absolute Gasteiger partial charge is 0.462 e. The van der Waals surface area contributed by atoms with Crippen LogP contribution >= 0.6 is 0 Å². The summed E-state index contributed by atoms with van der Waals surface area (Å²) < 4.78 is 17.1. The van der Waals surface area contributed by atoms with Gasteiger partial charge in [-0.2, -0.15) is 0 Å². The molecular formula is C39H74O5. The standard InChI is InChI=1S/C39H74O5/c1-4-7-10-13-16-18-20-22-24-26-29-32-38(40)43-36-37(35-42-34-31-28-15-12-9-6-3)44-39(41)33-30-27-25-23-21-19-17-14-11-8-5-2/h13,16,37H,4-12,14-15,17-36H2,1-3H3/b16-13-. The number of esters is 2. The number of ether oxygens (including phenoxy) is 3. The van der Waals surface area contributed by atoms with E-state index in [0.29, 0.717) is 26.1 Å². The number of rotatable bonds is 35. The molecule has 0 spiro atoms. The molecule has 0 bridgehead atoms. The van der Waals surface area contributed by atoms with Gasteiger partial charge in [0.2, 0.25) is 0 Å². The van der Waals surface area contributed by atoms with Gasteiger partial charge in [-0.25, -0.2) is 0 Å². The van der Waals surface area contributed by atoms with Crippen molar-refractivity contribution in [3.05, 3.63) is 12.2 Å². The van der Waals surface area contributed by atoms with Crippen LogP contribution in [0.25, 0.3) is 0 Å². The van der Waals surface area contributed by atoms with E-state index in [9.17, 15) is 9.59 Å². The summed E-state index contributed by atoms with van der Waals surface area (Å²) in [5, 5.41) is 0. The molecule has 0 aromatic rings. The number of hydrogen-bond donors (Lipinski definition) is 0. The maximum atomic E-state index is 12.6. The first-order valence-corrected chi connectivity index (χ1v) is 19.2. The molecule has 0 aliphatic carbocycles. The molecule has 0 rings (SSSR count). The van der Waals surface area contributed by atoms with Crippen LogP contribution in [0.1, 0.15) is 201 Å². The molecule has 0 aliphatic rings. The second kappa shape index (κ2) is 36.1. The van der Waals surface area contributed by atoms with E-state index in [1.807, 2.05) is 0 Å². The Kier molecular flexibility index (Phi) is 35.0. The zero-order valence-electron chi connectivity index (χ0n) is 29.7. The van der Waals surface area contributed by atoms with Gasteiger partial charge in [0, 0.05) is 19.4 Å². The van der Waals surface area contributed by atoms with Crippen molar-refractivity contribution in [2.24, 2.45) is 0 Å². The molecule has 5 heteroatoms. The molecule has 0 radical (unpaired) electrons. The van der Waals surface area contributed by atoms with Gasteiger partial charge in [0.1, 0.15) is 6.61 Å². The minimum absolute atomic E-state index is 0.0870. The molecule has 5 nitrogen and oxygen atoms in total. The van der Waals surface area contributed by atoms with Gasteiger partial charge in [0.05, 0.1) is 6.61 Å². The molecule has 0 saturated heterocycles. The van der Waals surface area contributed by atoms with Gasteiger partial charge in [-0.3, -0.25) is 9.59 Å². The Morgan fingerprint density at radius 3 is 1.45 bits per heavy atom. The first-order chi connectivity index (χ1) is 21.6. The summed E-state index contributed by atoms with van der Waals surface area (Å²) in [5.74, 6) is -0.406. The fourth-order valence-corrected chi connectivity index (χ4v) is 5.37. The van der Waals surface area contributed by atoms with E-state index in [4.69, 9.17) is 14.2 Å². The van der Waals surface area contributed by atoms with Crippen molar-refractivity contribution < 1.29 is 23.8 Å². The van der Waals surface area contributed by atoms with Crippen molar-refractivity contribution in [2.75, 3.05) is 19.8 Å². The van der Waals surface area contributed by atoms with Gasteiger partial charge in [0.25, 0.3) is 0 Å². The lowest BCUT2D eigenvalue weighted by Gasteiger charge is -2.18. The Bertz CT molecular complexity index is 632. The molecule has 0 amide bonds. The van der Waals surface area contributed by atoms with Gasteiger partial charge in [-0.05, 0) is 38.5 Å².